The number of ether oxygens (including phenoxy) is 2. The molecule has 0 aromatic rings. The summed E-state index contributed by atoms with van der Waals surface area (Å²) in [5, 5.41) is 0. The van der Waals surface area contributed by atoms with Gasteiger partial charge in [0, 0.05) is 6.61 Å². The predicted molar refractivity (Wildman–Crippen MR) is 63.1 cm³/mol. The molecule has 1 aliphatic rings. The molecule has 0 radical (unpaired) electrons. The zero-order valence-corrected chi connectivity index (χ0v) is 10.7. The van der Waals surface area contributed by atoms with Crippen LogP contribution in [0.15, 0.2) is 11.1 Å². The molecular weight excluding hydrogens is 204 g/mol. The predicted octanol–water partition coefficient (Wildman–Crippen LogP) is 2.70. The van der Waals surface area contributed by atoms with E-state index >= 15 is 0 Å². The highest BCUT2D eigenvalue weighted by Gasteiger charge is 2.39. The fourth-order valence-electron chi connectivity index (χ4n) is 1.86. The van der Waals surface area contributed by atoms with Gasteiger partial charge in [-0.2, -0.15) is 0 Å². The van der Waals surface area contributed by atoms with Gasteiger partial charge in [-0.1, -0.05) is 11.1 Å². The Bertz CT molecular complexity index is 279. The average molecular weight is 226 g/mol. The summed E-state index contributed by atoms with van der Waals surface area (Å²) in [4.78, 5) is 11.5. The molecule has 16 heavy (non-hydrogen) atoms. The topological polar surface area (TPSA) is 35.5 Å². The van der Waals surface area contributed by atoms with Gasteiger partial charge >= 0.3 is 5.97 Å². The number of esters is 1. The molecule has 1 atom stereocenters. The van der Waals surface area contributed by atoms with E-state index in [1.165, 1.54) is 11.1 Å². The third-order valence-corrected chi connectivity index (χ3v) is 2.77. The smallest absolute Gasteiger partial charge is 0.317 e. The maximum atomic E-state index is 11.5. The first-order chi connectivity index (χ1) is 7.57. The SMILES string of the molecule is CCOC(=O)[C@@H]1C(C)=C1CCCOC(C)C. The van der Waals surface area contributed by atoms with Crippen molar-refractivity contribution in [3.63, 3.8) is 0 Å². The van der Waals surface area contributed by atoms with Crippen molar-refractivity contribution in [2.24, 2.45) is 5.92 Å². The molecule has 0 aromatic heterocycles. The lowest BCUT2D eigenvalue weighted by atomic mass is 10.2. The highest BCUT2D eigenvalue weighted by molar-refractivity contribution is 5.85. The van der Waals surface area contributed by atoms with Gasteiger partial charge in [-0.3, -0.25) is 4.79 Å². The first-order valence-corrected chi connectivity index (χ1v) is 6.05. The highest BCUT2D eigenvalue weighted by atomic mass is 16.5. The lowest BCUT2D eigenvalue weighted by Crippen LogP contribution is -2.09. The maximum Gasteiger partial charge on any atom is 0.317 e. The summed E-state index contributed by atoms with van der Waals surface area (Å²) in [5.41, 5.74) is 2.45. The molecule has 1 aliphatic carbocycles. The summed E-state index contributed by atoms with van der Waals surface area (Å²) < 4.78 is 10.5. The van der Waals surface area contributed by atoms with E-state index in [4.69, 9.17) is 9.47 Å². The summed E-state index contributed by atoms with van der Waals surface area (Å²) in [6, 6.07) is 0. The second-order valence-corrected chi connectivity index (χ2v) is 4.42. The Morgan fingerprint density at radius 3 is 2.69 bits per heavy atom. The Morgan fingerprint density at radius 1 is 1.44 bits per heavy atom. The quantitative estimate of drug-likeness (QED) is 0.380. The Hall–Kier alpha value is -0.830. The van der Waals surface area contributed by atoms with Crippen molar-refractivity contribution < 1.29 is 14.3 Å². The monoisotopic (exact) mass is 226 g/mol. The van der Waals surface area contributed by atoms with Crippen LogP contribution in [-0.2, 0) is 14.3 Å². The third-order valence-electron chi connectivity index (χ3n) is 2.77. The van der Waals surface area contributed by atoms with Gasteiger partial charge in [0.05, 0.1) is 18.6 Å². The van der Waals surface area contributed by atoms with Crippen LogP contribution in [-0.4, -0.2) is 25.3 Å². The van der Waals surface area contributed by atoms with Gasteiger partial charge in [0.1, 0.15) is 0 Å². The molecule has 0 aliphatic heterocycles. The van der Waals surface area contributed by atoms with Gasteiger partial charge in [0.2, 0.25) is 0 Å². The van der Waals surface area contributed by atoms with Gasteiger partial charge in [-0.15, -0.1) is 0 Å². The van der Waals surface area contributed by atoms with Crippen LogP contribution in [0.2, 0.25) is 0 Å². The minimum Gasteiger partial charge on any atom is -0.465 e. The summed E-state index contributed by atoms with van der Waals surface area (Å²) in [5.74, 6) is -0.0984. The van der Waals surface area contributed by atoms with Crippen LogP contribution < -0.4 is 0 Å². The Labute approximate surface area is 97.8 Å². The molecule has 0 aromatic carbocycles. The second kappa shape index (κ2) is 6.04. The normalized spacial score (nSPS) is 19.2. The van der Waals surface area contributed by atoms with Crippen LogP contribution in [0.5, 0.6) is 0 Å². The number of hydrogen-bond donors (Lipinski definition) is 0. The summed E-state index contributed by atoms with van der Waals surface area (Å²) >= 11 is 0. The molecule has 0 heterocycles. The molecule has 0 bridgehead atoms. The van der Waals surface area contributed by atoms with Crippen LogP contribution in [0.25, 0.3) is 0 Å². The zero-order chi connectivity index (χ0) is 12.1. The average Bonchev–Trinajstić information content (AvgIpc) is 2.84. The van der Waals surface area contributed by atoms with Crippen molar-refractivity contribution in [1.82, 2.24) is 0 Å². The van der Waals surface area contributed by atoms with Crippen molar-refractivity contribution >= 4 is 5.97 Å². The molecule has 3 heteroatoms. The lowest BCUT2D eigenvalue weighted by molar-refractivity contribution is -0.144. The molecule has 0 amide bonds. The van der Waals surface area contributed by atoms with E-state index in [9.17, 15) is 4.79 Å². The van der Waals surface area contributed by atoms with E-state index in [1.807, 2.05) is 27.7 Å². The van der Waals surface area contributed by atoms with Gasteiger partial charge in [0.25, 0.3) is 0 Å². The van der Waals surface area contributed by atoms with Crippen LogP contribution in [0.3, 0.4) is 0 Å². The molecule has 0 saturated heterocycles. The molecular formula is C13H22O3. The lowest BCUT2D eigenvalue weighted by Gasteiger charge is -2.06. The number of carbonyl (C=O) groups excluding carboxylic acids is 1. The minimum atomic E-state index is -0.0835. The first kappa shape index (κ1) is 13.2. The third kappa shape index (κ3) is 3.63. The van der Waals surface area contributed by atoms with E-state index in [2.05, 4.69) is 0 Å². The number of hydrogen-bond acceptors (Lipinski definition) is 3. The fraction of sp³-hybridized carbons (Fsp3) is 0.769. The number of carbonyl (C=O) groups is 1. The molecule has 1 rings (SSSR count). The Balaban J connectivity index is 2.17. The van der Waals surface area contributed by atoms with Gasteiger partial charge in [-0.05, 0) is 40.5 Å². The van der Waals surface area contributed by atoms with Gasteiger partial charge in [-0.25, -0.2) is 0 Å². The molecule has 0 spiro atoms. The summed E-state index contributed by atoms with van der Waals surface area (Å²) in [6.07, 6.45) is 2.23. The van der Waals surface area contributed by atoms with Crippen LogP contribution in [0.4, 0.5) is 0 Å². The van der Waals surface area contributed by atoms with Crippen molar-refractivity contribution in [3.05, 3.63) is 11.1 Å². The molecule has 0 unspecified atom stereocenters. The molecule has 92 valence electrons. The van der Waals surface area contributed by atoms with Crippen LogP contribution in [0, 0.1) is 5.92 Å². The largest absolute Gasteiger partial charge is 0.465 e. The zero-order valence-electron chi connectivity index (χ0n) is 10.7. The standard InChI is InChI=1S/C13H22O3/c1-5-15-13(14)12-10(4)11(12)7-6-8-16-9(2)3/h9,12H,5-8H2,1-4H3/t12-/m1/s1. The van der Waals surface area contributed by atoms with Crippen molar-refractivity contribution in [2.45, 2.75) is 46.6 Å². The fourth-order valence-corrected chi connectivity index (χ4v) is 1.86. The molecule has 0 saturated carbocycles. The summed E-state index contributed by atoms with van der Waals surface area (Å²) in [6.45, 7) is 9.15. The molecule has 3 nitrogen and oxygen atoms in total. The molecule has 0 N–H and O–H groups in total. The van der Waals surface area contributed by atoms with E-state index in [1.54, 1.807) is 0 Å². The van der Waals surface area contributed by atoms with Crippen LogP contribution >= 0.6 is 0 Å². The highest BCUT2D eigenvalue weighted by Crippen LogP contribution is 2.42. The first-order valence-electron chi connectivity index (χ1n) is 6.05. The van der Waals surface area contributed by atoms with E-state index in [0.29, 0.717) is 6.61 Å². The molecule has 0 fully saturated rings. The maximum absolute atomic E-state index is 11.5. The van der Waals surface area contributed by atoms with Crippen molar-refractivity contribution in [3.8, 4) is 0 Å². The Kier molecular flexibility index (Phi) is 5.00. The van der Waals surface area contributed by atoms with Crippen LogP contribution in [0.1, 0.15) is 40.5 Å². The van der Waals surface area contributed by atoms with Crippen molar-refractivity contribution in [2.75, 3.05) is 13.2 Å². The number of rotatable bonds is 7. The Morgan fingerprint density at radius 2 is 2.12 bits per heavy atom. The second-order valence-electron chi connectivity index (χ2n) is 4.42. The van der Waals surface area contributed by atoms with Gasteiger partial charge < -0.3 is 9.47 Å². The van der Waals surface area contributed by atoms with Gasteiger partial charge in [0.15, 0.2) is 0 Å². The minimum absolute atomic E-state index is 0.0148. The van der Waals surface area contributed by atoms with E-state index in [0.717, 1.165) is 19.4 Å². The summed E-state index contributed by atoms with van der Waals surface area (Å²) in [7, 11) is 0. The van der Waals surface area contributed by atoms with Crippen molar-refractivity contribution in [1.29, 1.82) is 0 Å². The van der Waals surface area contributed by atoms with E-state index in [-0.39, 0.29) is 18.0 Å². The van der Waals surface area contributed by atoms with E-state index < -0.39 is 0 Å².